The molecule has 1 fully saturated rings. The molecule has 29 heavy (non-hydrogen) atoms. The molecule has 0 radical (unpaired) electrons. The lowest BCUT2D eigenvalue weighted by molar-refractivity contribution is -0.141. The smallest absolute Gasteiger partial charge is 0.379 e. The molecule has 0 unspecified atom stereocenters. The number of halogens is 3. The van der Waals surface area contributed by atoms with Crippen molar-refractivity contribution in [3.8, 4) is 0 Å². The largest absolute Gasteiger partial charge is 0.433 e. The van der Waals surface area contributed by atoms with Crippen molar-refractivity contribution >= 4 is 11.9 Å². The van der Waals surface area contributed by atoms with E-state index in [4.69, 9.17) is 4.74 Å². The van der Waals surface area contributed by atoms with Crippen LogP contribution in [0.15, 0.2) is 17.3 Å². The third-order valence-corrected chi connectivity index (χ3v) is 4.48. The van der Waals surface area contributed by atoms with E-state index < -0.39 is 11.9 Å². The van der Waals surface area contributed by atoms with Crippen LogP contribution in [0, 0.1) is 0 Å². The van der Waals surface area contributed by atoms with E-state index in [1.165, 1.54) is 0 Å². The molecule has 11 heteroatoms. The van der Waals surface area contributed by atoms with Crippen LogP contribution >= 0.6 is 0 Å². The van der Waals surface area contributed by atoms with E-state index in [2.05, 4.69) is 49.7 Å². The highest BCUT2D eigenvalue weighted by Gasteiger charge is 2.32. The summed E-state index contributed by atoms with van der Waals surface area (Å²) >= 11 is 0. The molecule has 0 saturated carbocycles. The number of morpholine rings is 1. The fraction of sp³-hybridized carbons (Fsp3) is 0.722. The Morgan fingerprint density at radius 3 is 2.59 bits per heavy atom. The molecule has 0 aliphatic carbocycles. The van der Waals surface area contributed by atoms with E-state index >= 15 is 0 Å². The van der Waals surface area contributed by atoms with Crippen LogP contribution in [-0.4, -0.2) is 78.8 Å². The van der Waals surface area contributed by atoms with E-state index in [1.54, 1.807) is 0 Å². The minimum Gasteiger partial charge on any atom is -0.379 e. The average Bonchev–Trinajstić information content (AvgIpc) is 2.69. The zero-order valence-electron chi connectivity index (χ0n) is 17.1. The van der Waals surface area contributed by atoms with Gasteiger partial charge in [0, 0.05) is 44.5 Å². The van der Waals surface area contributed by atoms with Crippen LogP contribution in [0.2, 0.25) is 0 Å². The number of nitrogens with zero attached hydrogens (tertiary/aromatic N) is 4. The van der Waals surface area contributed by atoms with E-state index in [9.17, 15) is 13.2 Å². The van der Waals surface area contributed by atoms with Crippen LogP contribution in [0.25, 0.3) is 0 Å². The fourth-order valence-corrected chi connectivity index (χ4v) is 2.84. The van der Waals surface area contributed by atoms with Crippen LogP contribution in [-0.2, 0) is 10.9 Å². The highest BCUT2D eigenvalue weighted by Crippen LogP contribution is 2.27. The van der Waals surface area contributed by atoms with E-state index in [1.807, 2.05) is 6.92 Å². The van der Waals surface area contributed by atoms with Crippen molar-refractivity contribution in [2.75, 3.05) is 57.8 Å². The second-order valence-corrected chi connectivity index (χ2v) is 7.22. The SMILES string of the molecule is CCNC(=NCC(C)(C)N1CCOCC1)NCCNc1nccc(C(F)(F)F)n1. The maximum absolute atomic E-state index is 12.7. The van der Waals surface area contributed by atoms with Gasteiger partial charge in [0.05, 0.1) is 19.8 Å². The molecule has 0 bridgehead atoms. The summed E-state index contributed by atoms with van der Waals surface area (Å²) in [4.78, 5) is 14.3. The van der Waals surface area contributed by atoms with Gasteiger partial charge in [-0.15, -0.1) is 0 Å². The Kier molecular flexibility index (Phi) is 8.45. The van der Waals surface area contributed by atoms with Crippen molar-refractivity contribution < 1.29 is 17.9 Å². The molecule has 8 nitrogen and oxygen atoms in total. The molecule has 0 atom stereocenters. The summed E-state index contributed by atoms with van der Waals surface area (Å²) in [6.07, 6.45) is -3.40. The number of ether oxygens (including phenoxy) is 1. The Hall–Kier alpha value is -2.14. The Balaban J connectivity index is 1.83. The summed E-state index contributed by atoms with van der Waals surface area (Å²) < 4.78 is 43.5. The van der Waals surface area contributed by atoms with Gasteiger partial charge in [-0.2, -0.15) is 13.2 Å². The lowest BCUT2D eigenvalue weighted by atomic mass is 10.0. The first kappa shape index (κ1) is 23.1. The number of nitrogens with one attached hydrogen (secondary N) is 3. The number of guanidine groups is 1. The van der Waals surface area contributed by atoms with E-state index in [0.29, 0.717) is 32.1 Å². The van der Waals surface area contributed by atoms with Gasteiger partial charge in [-0.25, -0.2) is 9.97 Å². The molecule has 1 aromatic rings. The van der Waals surface area contributed by atoms with Crippen molar-refractivity contribution in [3.05, 3.63) is 18.0 Å². The van der Waals surface area contributed by atoms with Crippen molar-refractivity contribution in [1.82, 2.24) is 25.5 Å². The van der Waals surface area contributed by atoms with Crippen molar-refractivity contribution in [2.24, 2.45) is 4.99 Å². The zero-order chi connectivity index (χ0) is 21.3. The topological polar surface area (TPSA) is 86.7 Å². The van der Waals surface area contributed by atoms with Gasteiger partial charge in [0.1, 0.15) is 5.69 Å². The van der Waals surface area contributed by atoms with Gasteiger partial charge in [-0.1, -0.05) is 0 Å². The van der Waals surface area contributed by atoms with Crippen LogP contribution in [0.4, 0.5) is 19.1 Å². The molecule has 1 aliphatic rings. The molecule has 2 heterocycles. The van der Waals surface area contributed by atoms with Crippen LogP contribution in [0.3, 0.4) is 0 Å². The van der Waals surface area contributed by atoms with E-state index in [-0.39, 0.29) is 11.5 Å². The molecule has 1 aromatic heterocycles. The Bertz CT molecular complexity index is 661. The normalized spacial score (nSPS) is 16.6. The first-order valence-electron chi connectivity index (χ1n) is 9.71. The second kappa shape index (κ2) is 10.6. The summed E-state index contributed by atoms with van der Waals surface area (Å²) in [5.74, 6) is 0.595. The van der Waals surface area contributed by atoms with Crippen molar-refractivity contribution in [2.45, 2.75) is 32.5 Å². The molecule has 1 aliphatic heterocycles. The molecule has 0 aromatic carbocycles. The quantitative estimate of drug-likeness (QED) is 0.336. The molecule has 164 valence electrons. The Labute approximate surface area is 169 Å². The van der Waals surface area contributed by atoms with Gasteiger partial charge in [-0.3, -0.25) is 9.89 Å². The summed E-state index contributed by atoms with van der Waals surface area (Å²) in [7, 11) is 0. The van der Waals surface area contributed by atoms with E-state index in [0.717, 1.165) is 38.6 Å². The standard InChI is InChI=1S/C18H30F3N7O/c1-4-22-15(26-13-17(2,3)28-9-11-29-12-10-28)24-7-8-25-16-23-6-5-14(27-16)18(19,20)21/h5-6H,4,7-13H2,1-3H3,(H2,22,24,26)(H,23,25,27). The van der Waals surface area contributed by atoms with Crippen LogP contribution in [0.1, 0.15) is 26.5 Å². The van der Waals surface area contributed by atoms with Gasteiger partial charge in [0.15, 0.2) is 5.96 Å². The lowest BCUT2D eigenvalue weighted by Crippen LogP contribution is -2.52. The maximum atomic E-state index is 12.7. The molecule has 0 amide bonds. The van der Waals surface area contributed by atoms with Crippen molar-refractivity contribution in [1.29, 1.82) is 0 Å². The fourth-order valence-electron chi connectivity index (χ4n) is 2.84. The zero-order valence-corrected chi connectivity index (χ0v) is 17.1. The number of aliphatic imine (C=N–C) groups is 1. The number of anilines is 1. The number of hydrogen-bond acceptors (Lipinski definition) is 6. The van der Waals surface area contributed by atoms with Crippen LogP contribution in [0.5, 0.6) is 0 Å². The van der Waals surface area contributed by atoms with Crippen LogP contribution < -0.4 is 16.0 Å². The molecule has 3 N–H and O–H groups in total. The number of aromatic nitrogens is 2. The third-order valence-electron chi connectivity index (χ3n) is 4.48. The van der Waals surface area contributed by atoms with Gasteiger partial charge < -0.3 is 20.7 Å². The maximum Gasteiger partial charge on any atom is 0.433 e. The van der Waals surface area contributed by atoms with Crippen molar-refractivity contribution in [3.63, 3.8) is 0 Å². The minimum absolute atomic E-state index is 0.0583. The predicted octanol–water partition coefficient (Wildman–Crippen LogP) is 1.57. The lowest BCUT2D eigenvalue weighted by Gasteiger charge is -2.39. The Morgan fingerprint density at radius 1 is 1.21 bits per heavy atom. The van der Waals surface area contributed by atoms with Gasteiger partial charge in [0.25, 0.3) is 0 Å². The molecule has 2 rings (SSSR count). The number of alkyl halides is 3. The second-order valence-electron chi connectivity index (χ2n) is 7.22. The molecule has 0 spiro atoms. The van der Waals surface area contributed by atoms with Gasteiger partial charge >= 0.3 is 6.18 Å². The Morgan fingerprint density at radius 2 is 1.93 bits per heavy atom. The highest BCUT2D eigenvalue weighted by atomic mass is 19.4. The number of hydrogen-bond donors (Lipinski definition) is 3. The average molecular weight is 417 g/mol. The first-order valence-corrected chi connectivity index (χ1v) is 9.71. The monoisotopic (exact) mass is 417 g/mol. The third kappa shape index (κ3) is 7.65. The number of rotatable bonds is 8. The van der Waals surface area contributed by atoms with Gasteiger partial charge in [0.2, 0.25) is 5.95 Å². The first-order chi connectivity index (χ1) is 13.7. The summed E-state index contributed by atoms with van der Waals surface area (Å²) in [6, 6.07) is 0.843. The van der Waals surface area contributed by atoms with Gasteiger partial charge in [-0.05, 0) is 26.8 Å². The minimum atomic E-state index is -4.49. The summed E-state index contributed by atoms with van der Waals surface area (Å²) in [5.41, 5.74) is -1.07. The highest BCUT2D eigenvalue weighted by molar-refractivity contribution is 5.79. The summed E-state index contributed by atoms with van der Waals surface area (Å²) in [6.45, 7) is 11.6. The molecular weight excluding hydrogens is 387 g/mol. The summed E-state index contributed by atoms with van der Waals surface area (Å²) in [5, 5.41) is 9.13. The molecular formula is C18H30F3N7O. The predicted molar refractivity (Wildman–Crippen MR) is 106 cm³/mol. The molecule has 1 saturated heterocycles.